The maximum absolute atomic E-state index is 12.2. The van der Waals surface area contributed by atoms with Crippen molar-refractivity contribution in [3.63, 3.8) is 0 Å². The Morgan fingerprint density at radius 2 is 1.69 bits per heavy atom. The number of nitrogens with one attached hydrogen (secondary N) is 1. The van der Waals surface area contributed by atoms with Gasteiger partial charge in [-0.25, -0.2) is 10.2 Å². The van der Waals surface area contributed by atoms with Crippen molar-refractivity contribution in [3.8, 4) is 11.3 Å². The van der Waals surface area contributed by atoms with Gasteiger partial charge in [-0.15, -0.1) is 0 Å². The van der Waals surface area contributed by atoms with Gasteiger partial charge in [0.25, 0.3) is 0 Å². The van der Waals surface area contributed by atoms with E-state index in [-0.39, 0.29) is 23.7 Å². The fourth-order valence-corrected chi connectivity index (χ4v) is 3.08. The molecular formula is C26H28N2O4. The Kier molecular flexibility index (Phi) is 7.25. The van der Waals surface area contributed by atoms with E-state index in [1.807, 2.05) is 12.1 Å². The molecule has 0 bridgehead atoms. The molecule has 0 spiro atoms. The number of hydrazone groups is 1. The zero-order chi connectivity index (χ0) is 23.1. The lowest BCUT2D eigenvalue weighted by Crippen LogP contribution is -2.20. The molecule has 0 saturated heterocycles. The van der Waals surface area contributed by atoms with Gasteiger partial charge in [-0.3, -0.25) is 4.79 Å². The minimum Gasteiger partial charge on any atom is -0.462 e. The van der Waals surface area contributed by atoms with Gasteiger partial charge in [0.1, 0.15) is 11.5 Å². The summed E-state index contributed by atoms with van der Waals surface area (Å²) in [6.45, 7) is 8.57. The molecule has 0 radical (unpaired) electrons. The van der Waals surface area contributed by atoms with Crippen LogP contribution >= 0.6 is 0 Å². The van der Waals surface area contributed by atoms with Crippen LogP contribution in [0.5, 0.6) is 0 Å². The maximum Gasteiger partial charge on any atom is 0.338 e. The molecule has 6 nitrogen and oxygen atoms in total. The van der Waals surface area contributed by atoms with E-state index in [2.05, 4.69) is 43.4 Å². The highest BCUT2D eigenvalue weighted by molar-refractivity contribution is 5.90. The molecule has 32 heavy (non-hydrogen) atoms. The Labute approximate surface area is 188 Å². The summed E-state index contributed by atoms with van der Waals surface area (Å²) in [6.07, 6.45) is 1.70. The lowest BCUT2D eigenvalue weighted by Gasteiger charge is -2.19. The Morgan fingerprint density at radius 1 is 1.00 bits per heavy atom. The van der Waals surface area contributed by atoms with Gasteiger partial charge in [-0.05, 0) is 47.7 Å². The third-order valence-corrected chi connectivity index (χ3v) is 4.87. The lowest BCUT2D eigenvalue weighted by molar-refractivity contribution is -0.120. The van der Waals surface area contributed by atoms with Crippen LogP contribution in [0.25, 0.3) is 11.3 Å². The summed E-state index contributed by atoms with van der Waals surface area (Å²) in [5, 5.41) is 3.98. The Hall–Kier alpha value is -3.67. The zero-order valence-electron chi connectivity index (χ0n) is 18.8. The minimum atomic E-state index is -0.354. The van der Waals surface area contributed by atoms with Crippen molar-refractivity contribution in [2.24, 2.45) is 5.10 Å². The quantitative estimate of drug-likeness (QED) is 0.319. The molecule has 3 aromatic rings. The molecule has 0 unspecified atom stereocenters. The van der Waals surface area contributed by atoms with Gasteiger partial charge in [0.05, 0.1) is 24.8 Å². The van der Waals surface area contributed by atoms with Crippen LogP contribution in [-0.2, 0) is 21.4 Å². The molecule has 166 valence electrons. The van der Waals surface area contributed by atoms with Crippen LogP contribution in [0.1, 0.15) is 54.9 Å². The topological polar surface area (TPSA) is 80.9 Å². The van der Waals surface area contributed by atoms with E-state index in [1.54, 1.807) is 43.3 Å². The van der Waals surface area contributed by atoms with Gasteiger partial charge < -0.3 is 9.15 Å². The molecule has 0 atom stereocenters. The molecule has 0 aliphatic rings. The fraction of sp³-hybridized carbons (Fsp3) is 0.269. The molecule has 0 aliphatic carbocycles. The highest BCUT2D eigenvalue weighted by atomic mass is 16.5. The molecule has 2 aromatic carbocycles. The SMILES string of the molecule is CCOC(=O)c1ccc(-c2ccc(C=NNC(=O)Cc3ccc(C(C)(C)C)cc3)o2)cc1. The number of benzene rings is 2. The van der Waals surface area contributed by atoms with Gasteiger partial charge >= 0.3 is 5.97 Å². The highest BCUT2D eigenvalue weighted by Gasteiger charge is 2.13. The van der Waals surface area contributed by atoms with Crippen LogP contribution in [-0.4, -0.2) is 24.7 Å². The Bertz CT molecular complexity index is 1090. The molecule has 0 fully saturated rings. The number of esters is 1. The van der Waals surface area contributed by atoms with Crippen LogP contribution in [0, 0.1) is 0 Å². The third kappa shape index (κ3) is 6.17. The number of furan rings is 1. The monoisotopic (exact) mass is 432 g/mol. The standard InChI is InChI=1S/C26H28N2O4/c1-5-31-25(30)20-10-8-19(9-11-20)23-15-14-22(32-23)17-27-28-24(29)16-18-6-12-21(13-7-18)26(2,3)4/h6-15,17H,5,16H2,1-4H3,(H,28,29). The molecule has 1 heterocycles. The maximum atomic E-state index is 12.2. The van der Waals surface area contributed by atoms with Crippen LogP contribution in [0.4, 0.5) is 0 Å². The number of ether oxygens (including phenoxy) is 1. The number of nitrogens with zero attached hydrogens (tertiary/aromatic N) is 1. The first-order valence-electron chi connectivity index (χ1n) is 10.5. The summed E-state index contributed by atoms with van der Waals surface area (Å²) in [5.74, 6) is 0.578. The van der Waals surface area contributed by atoms with Crippen molar-refractivity contribution >= 4 is 18.1 Å². The molecule has 0 saturated carbocycles. The number of hydrogen-bond acceptors (Lipinski definition) is 5. The molecular weight excluding hydrogens is 404 g/mol. The first-order chi connectivity index (χ1) is 15.3. The minimum absolute atomic E-state index is 0.0793. The first-order valence-corrected chi connectivity index (χ1v) is 10.5. The van der Waals surface area contributed by atoms with Crippen molar-refractivity contribution in [2.45, 2.75) is 39.5 Å². The predicted molar refractivity (Wildman–Crippen MR) is 125 cm³/mol. The van der Waals surface area contributed by atoms with E-state index < -0.39 is 0 Å². The second kappa shape index (κ2) is 10.1. The van der Waals surface area contributed by atoms with Crippen molar-refractivity contribution in [1.29, 1.82) is 0 Å². The summed E-state index contributed by atoms with van der Waals surface area (Å²) in [7, 11) is 0. The smallest absolute Gasteiger partial charge is 0.338 e. The molecule has 1 N–H and O–H groups in total. The van der Waals surface area contributed by atoms with Gasteiger partial charge in [0.15, 0.2) is 0 Å². The van der Waals surface area contributed by atoms with E-state index in [0.29, 0.717) is 23.7 Å². The Balaban J connectivity index is 1.54. The van der Waals surface area contributed by atoms with Gasteiger partial charge in [0, 0.05) is 5.56 Å². The second-order valence-electron chi connectivity index (χ2n) is 8.42. The van der Waals surface area contributed by atoms with Crippen LogP contribution < -0.4 is 5.43 Å². The zero-order valence-corrected chi connectivity index (χ0v) is 18.8. The lowest BCUT2D eigenvalue weighted by atomic mass is 9.86. The van der Waals surface area contributed by atoms with Crippen LogP contribution in [0.15, 0.2) is 70.2 Å². The molecule has 3 rings (SSSR count). The number of rotatable bonds is 7. The first kappa shape index (κ1) is 23.0. The normalized spacial score (nSPS) is 11.5. The third-order valence-electron chi connectivity index (χ3n) is 4.87. The number of carbonyl (C=O) groups excluding carboxylic acids is 2. The van der Waals surface area contributed by atoms with E-state index in [0.717, 1.165) is 11.1 Å². The summed E-state index contributed by atoms with van der Waals surface area (Å²) in [5.41, 5.74) is 6.06. The van der Waals surface area contributed by atoms with E-state index in [1.165, 1.54) is 11.8 Å². The van der Waals surface area contributed by atoms with Crippen molar-refractivity contribution in [1.82, 2.24) is 5.43 Å². The molecule has 0 aliphatic heterocycles. The average molecular weight is 433 g/mol. The van der Waals surface area contributed by atoms with Crippen molar-refractivity contribution in [2.75, 3.05) is 6.61 Å². The summed E-state index contributed by atoms with van der Waals surface area (Å²) in [6, 6.07) is 18.6. The molecule has 6 heteroatoms. The largest absolute Gasteiger partial charge is 0.462 e. The summed E-state index contributed by atoms with van der Waals surface area (Å²) in [4.78, 5) is 23.9. The van der Waals surface area contributed by atoms with E-state index in [4.69, 9.17) is 9.15 Å². The van der Waals surface area contributed by atoms with Gasteiger partial charge in [-0.1, -0.05) is 57.2 Å². The highest BCUT2D eigenvalue weighted by Crippen LogP contribution is 2.23. The van der Waals surface area contributed by atoms with Crippen molar-refractivity contribution in [3.05, 3.63) is 83.1 Å². The fourth-order valence-electron chi connectivity index (χ4n) is 3.08. The number of carbonyl (C=O) groups is 2. The van der Waals surface area contributed by atoms with E-state index >= 15 is 0 Å². The Morgan fingerprint density at radius 3 is 2.31 bits per heavy atom. The van der Waals surface area contributed by atoms with Crippen LogP contribution in [0.2, 0.25) is 0 Å². The summed E-state index contributed by atoms with van der Waals surface area (Å²) >= 11 is 0. The summed E-state index contributed by atoms with van der Waals surface area (Å²) < 4.78 is 10.7. The number of amides is 1. The second-order valence-corrected chi connectivity index (χ2v) is 8.42. The van der Waals surface area contributed by atoms with Crippen molar-refractivity contribution < 1.29 is 18.7 Å². The average Bonchev–Trinajstić information content (AvgIpc) is 3.23. The molecule has 1 amide bonds. The van der Waals surface area contributed by atoms with E-state index in [9.17, 15) is 9.59 Å². The number of hydrogen-bond donors (Lipinski definition) is 1. The van der Waals surface area contributed by atoms with Gasteiger partial charge in [-0.2, -0.15) is 5.10 Å². The van der Waals surface area contributed by atoms with Crippen LogP contribution in [0.3, 0.4) is 0 Å². The molecule has 1 aromatic heterocycles. The predicted octanol–water partition coefficient (Wildman–Crippen LogP) is 5.11. The van der Waals surface area contributed by atoms with Gasteiger partial charge in [0.2, 0.25) is 5.91 Å².